The third-order valence-corrected chi connectivity index (χ3v) is 6.89. The lowest BCUT2D eigenvalue weighted by atomic mass is 10.1. The van der Waals surface area contributed by atoms with E-state index in [1.54, 1.807) is 23.1 Å². The Morgan fingerprint density at radius 2 is 2.12 bits per heavy atom. The number of benzene rings is 1. The number of thiophene rings is 1. The van der Waals surface area contributed by atoms with Crippen LogP contribution in [0.2, 0.25) is 0 Å². The highest BCUT2D eigenvalue weighted by atomic mass is 32.2. The molecule has 5 heteroatoms. The van der Waals surface area contributed by atoms with E-state index in [1.165, 1.54) is 32.8 Å². The van der Waals surface area contributed by atoms with Gasteiger partial charge in [-0.05, 0) is 55.7 Å². The van der Waals surface area contributed by atoms with E-state index in [-0.39, 0.29) is 5.69 Å². The highest BCUT2D eigenvalue weighted by Gasteiger charge is 2.22. The molecule has 0 N–H and O–H groups in total. The molecule has 134 valence electrons. The molecule has 1 aromatic carbocycles. The monoisotopic (exact) mass is 382 g/mol. The van der Waals surface area contributed by atoms with Crippen LogP contribution in [0.3, 0.4) is 0 Å². The predicted octanol–water partition coefficient (Wildman–Crippen LogP) is 4.75. The van der Waals surface area contributed by atoms with E-state index in [1.807, 2.05) is 10.6 Å². The van der Waals surface area contributed by atoms with Crippen molar-refractivity contribution >= 4 is 23.1 Å². The van der Waals surface area contributed by atoms with Crippen molar-refractivity contribution in [2.75, 3.05) is 0 Å². The molecule has 0 amide bonds. The van der Waals surface area contributed by atoms with Crippen molar-refractivity contribution in [2.45, 2.75) is 50.4 Å². The van der Waals surface area contributed by atoms with Gasteiger partial charge < -0.3 is 0 Å². The van der Waals surface area contributed by atoms with Crippen LogP contribution in [-0.2, 0) is 25.1 Å². The Morgan fingerprint density at radius 1 is 1.23 bits per heavy atom. The molecule has 0 saturated carbocycles. The second kappa shape index (κ2) is 7.41. The molecular weight excluding hydrogens is 360 g/mol. The summed E-state index contributed by atoms with van der Waals surface area (Å²) in [6.45, 7) is 4.91. The van der Waals surface area contributed by atoms with E-state index >= 15 is 0 Å². The van der Waals surface area contributed by atoms with Gasteiger partial charge in [-0.2, -0.15) is 4.98 Å². The Hall–Kier alpha value is -1.85. The van der Waals surface area contributed by atoms with Crippen molar-refractivity contribution in [3.8, 4) is 0 Å². The summed E-state index contributed by atoms with van der Waals surface area (Å²) in [5.74, 6) is 0.862. The molecule has 0 spiro atoms. The van der Waals surface area contributed by atoms with Crippen LogP contribution in [0.25, 0.3) is 0 Å². The summed E-state index contributed by atoms with van der Waals surface area (Å²) in [4.78, 5) is 18.4. The van der Waals surface area contributed by atoms with Gasteiger partial charge in [0.15, 0.2) is 0 Å². The average Bonchev–Trinajstić information content (AvgIpc) is 3.30. The Morgan fingerprint density at radius 3 is 2.92 bits per heavy atom. The van der Waals surface area contributed by atoms with E-state index in [9.17, 15) is 4.79 Å². The van der Waals surface area contributed by atoms with Crippen molar-refractivity contribution in [2.24, 2.45) is 0 Å². The molecule has 3 aromatic rings. The highest BCUT2D eigenvalue weighted by Crippen LogP contribution is 2.32. The third-order valence-electron chi connectivity index (χ3n) is 4.96. The number of aromatic nitrogens is 2. The first-order valence-electron chi connectivity index (χ1n) is 8.95. The van der Waals surface area contributed by atoms with Crippen LogP contribution in [0, 0.1) is 13.8 Å². The molecule has 0 unspecified atom stereocenters. The molecule has 0 saturated heterocycles. The molecule has 4 rings (SSSR count). The zero-order valence-corrected chi connectivity index (χ0v) is 16.8. The first-order valence-corrected chi connectivity index (χ1v) is 10.8. The second-order valence-electron chi connectivity index (χ2n) is 6.86. The van der Waals surface area contributed by atoms with Crippen molar-refractivity contribution in [1.82, 2.24) is 9.55 Å². The molecule has 26 heavy (non-hydrogen) atoms. The van der Waals surface area contributed by atoms with Gasteiger partial charge in [0.25, 0.3) is 0 Å². The van der Waals surface area contributed by atoms with Gasteiger partial charge in [-0.15, -0.1) is 23.1 Å². The van der Waals surface area contributed by atoms with Gasteiger partial charge in [0.05, 0.1) is 6.54 Å². The molecule has 0 bridgehead atoms. The highest BCUT2D eigenvalue weighted by molar-refractivity contribution is 7.98. The van der Waals surface area contributed by atoms with Gasteiger partial charge in [0, 0.05) is 21.9 Å². The van der Waals surface area contributed by atoms with E-state index in [0.717, 1.165) is 30.0 Å². The van der Waals surface area contributed by atoms with Crippen LogP contribution < -0.4 is 5.69 Å². The van der Waals surface area contributed by atoms with Crippen molar-refractivity contribution in [3.05, 3.63) is 79.0 Å². The third kappa shape index (κ3) is 3.51. The number of hydrogen-bond acceptors (Lipinski definition) is 4. The minimum absolute atomic E-state index is 0.109. The van der Waals surface area contributed by atoms with Gasteiger partial charge >= 0.3 is 5.69 Å². The van der Waals surface area contributed by atoms with Crippen LogP contribution in [0.15, 0.2) is 45.5 Å². The minimum Gasteiger partial charge on any atom is -0.291 e. The average molecular weight is 383 g/mol. The summed E-state index contributed by atoms with van der Waals surface area (Å²) in [5.41, 5.74) is 6.27. The van der Waals surface area contributed by atoms with E-state index < -0.39 is 0 Å². The number of fused-ring (bicyclic) bond motifs is 1. The quantitative estimate of drug-likeness (QED) is 0.472. The number of thioether (sulfide) groups is 1. The van der Waals surface area contributed by atoms with Crippen molar-refractivity contribution in [3.63, 3.8) is 0 Å². The van der Waals surface area contributed by atoms with Crippen LogP contribution in [-0.4, -0.2) is 9.55 Å². The maximum Gasteiger partial charge on any atom is 0.349 e. The maximum absolute atomic E-state index is 12.7. The van der Waals surface area contributed by atoms with Crippen LogP contribution in [0.4, 0.5) is 0 Å². The molecule has 1 aliphatic carbocycles. The lowest BCUT2D eigenvalue weighted by molar-refractivity contribution is 0.673. The fourth-order valence-corrected chi connectivity index (χ4v) is 5.36. The van der Waals surface area contributed by atoms with E-state index in [2.05, 4.69) is 48.5 Å². The second-order valence-corrected chi connectivity index (χ2v) is 8.86. The fourth-order valence-electron chi connectivity index (χ4n) is 3.53. The Bertz CT molecular complexity index is 990. The van der Waals surface area contributed by atoms with Gasteiger partial charge in [-0.3, -0.25) is 4.57 Å². The number of aryl methyl sites for hydroxylation is 2. The molecular formula is C21H22N2OS2. The Kier molecular flexibility index (Phi) is 5.00. The number of rotatable bonds is 5. The van der Waals surface area contributed by atoms with E-state index in [4.69, 9.17) is 0 Å². The van der Waals surface area contributed by atoms with Crippen LogP contribution in [0.5, 0.6) is 0 Å². The number of hydrogen-bond donors (Lipinski definition) is 0. The Balaban J connectivity index is 1.63. The molecule has 3 nitrogen and oxygen atoms in total. The van der Waals surface area contributed by atoms with Gasteiger partial charge in [0.1, 0.15) is 5.03 Å². The molecule has 1 aliphatic rings. The van der Waals surface area contributed by atoms with Crippen LogP contribution in [0.1, 0.15) is 39.2 Å². The molecule has 0 radical (unpaired) electrons. The molecule has 2 heterocycles. The smallest absolute Gasteiger partial charge is 0.291 e. The predicted molar refractivity (Wildman–Crippen MR) is 109 cm³/mol. The Labute approximate surface area is 162 Å². The van der Waals surface area contributed by atoms with Crippen molar-refractivity contribution in [1.29, 1.82) is 0 Å². The lowest BCUT2D eigenvalue weighted by Gasteiger charge is -2.14. The van der Waals surface area contributed by atoms with Gasteiger partial charge in [-0.1, -0.05) is 29.8 Å². The fraction of sp³-hybridized carbons (Fsp3) is 0.333. The summed E-state index contributed by atoms with van der Waals surface area (Å²) in [6.07, 6.45) is 3.12. The standard InChI is InChI=1S/C21H22N2OS2/c1-14-8-9-15(2)16(11-14)13-26-20-18-6-3-7-19(18)23(21(24)22-20)12-17-5-4-10-25-17/h4-5,8-11H,3,6-7,12-13H2,1-2H3. The van der Waals surface area contributed by atoms with Crippen LogP contribution >= 0.6 is 23.1 Å². The van der Waals surface area contributed by atoms with Gasteiger partial charge in [-0.25, -0.2) is 4.79 Å². The summed E-state index contributed by atoms with van der Waals surface area (Å²) in [7, 11) is 0. The normalized spacial score (nSPS) is 13.2. The topological polar surface area (TPSA) is 34.9 Å². The zero-order valence-electron chi connectivity index (χ0n) is 15.1. The van der Waals surface area contributed by atoms with Crippen molar-refractivity contribution < 1.29 is 0 Å². The summed E-state index contributed by atoms with van der Waals surface area (Å²) >= 11 is 3.40. The maximum atomic E-state index is 12.7. The van der Waals surface area contributed by atoms with E-state index in [0.29, 0.717) is 6.54 Å². The first-order chi connectivity index (χ1) is 12.6. The number of nitrogens with zero attached hydrogens (tertiary/aromatic N) is 2. The zero-order chi connectivity index (χ0) is 18.1. The summed E-state index contributed by atoms with van der Waals surface area (Å²) in [5, 5.41) is 2.99. The SMILES string of the molecule is Cc1ccc(C)c(CSc2nc(=O)n(Cc3cccs3)c3c2CCC3)c1. The summed E-state index contributed by atoms with van der Waals surface area (Å²) < 4.78 is 1.89. The van der Waals surface area contributed by atoms with Gasteiger partial charge in [0.2, 0.25) is 0 Å². The minimum atomic E-state index is -0.109. The molecule has 2 aromatic heterocycles. The molecule has 0 aliphatic heterocycles. The first kappa shape index (κ1) is 17.6. The lowest BCUT2D eigenvalue weighted by Crippen LogP contribution is -2.27. The largest absolute Gasteiger partial charge is 0.349 e. The molecule has 0 fully saturated rings. The molecule has 0 atom stereocenters. The summed E-state index contributed by atoms with van der Waals surface area (Å²) in [6, 6.07) is 10.7.